The molecule has 1 saturated heterocycles. The second kappa shape index (κ2) is 8.31. The van der Waals surface area contributed by atoms with E-state index in [0.717, 1.165) is 63.4 Å². The Balaban J connectivity index is 1.49. The molecule has 0 radical (unpaired) electrons. The second-order valence-electron chi connectivity index (χ2n) is 7.02. The summed E-state index contributed by atoms with van der Waals surface area (Å²) in [7, 11) is 0. The van der Waals surface area contributed by atoms with Crippen molar-refractivity contribution in [3.63, 3.8) is 0 Å². The zero-order valence-electron chi connectivity index (χ0n) is 14.6. The summed E-state index contributed by atoms with van der Waals surface area (Å²) in [5.74, 6) is 2.69. The van der Waals surface area contributed by atoms with Gasteiger partial charge >= 0.3 is 0 Å². The molecule has 1 atom stereocenters. The highest BCUT2D eigenvalue weighted by Crippen LogP contribution is 2.26. The summed E-state index contributed by atoms with van der Waals surface area (Å²) in [5, 5.41) is 6.40. The maximum Gasteiger partial charge on any atom is 0.220 e. The fourth-order valence-corrected chi connectivity index (χ4v) is 3.24. The van der Waals surface area contributed by atoms with E-state index in [1.807, 2.05) is 6.07 Å². The van der Waals surface area contributed by atoms with Crippen molar-refractivity contribution >= 4 is 17.5 Å². The Kier molecular flexibility index (Phi) is 5.88. The number of carbonyl (C=O) groups is 1. The topological polar surface area (TPSA) is 70.2 Å². The average Bonchev–Trinajstić information content (AvgIpc) is 3.43. The van der Waals surface area contributed by atoms with Crippen LogP contribution >= 0.6 is 0 Å². The van der Waals surface area contributed by atoms with Gasteiger partial charge < -0.3 is 15.5 Å². The molecular weight excluding hydrogens is 302 g/mol. The number of piperidine rings is 1. The number of nitrogens with zero attached hydrogens (tertiary/aromatic N) is 3. The van der Waals surface area contributed by atoms with E-state index in [1.54, 1.807) is 6.33 Å². The van der Waals surface area contributed by atoms with Crippen molar-refractivity contribution in [3.05, 3.63) is 12.4 Å². The number of amides is 1. The Morgan fingerprint density at radius 2 is 2.21 bits per heavy atom. The predicted molar refractivity (Wildman–Crippen MR) is 96.1 cm³/mol. The molecule has 2 heterocycles. The Morgan fingerprint density at radius 3 is 3.00 bits per heavy atom. The molecule has 2 aliphatic rings. The number of nitrogens with one attached hydrogen (secondary N) is 2. The fourth-order valence-electron chi connectivity index (χ4n) is 3.24. The van der Waals surface area contributed by atoms with Crippen molar-refractivity contribution < 1.29 is 4.79 Å². The Labute approximate surface area is 144 Å². The standard InChI is InChI=1S/C18H29N5O/c1-2-9-19-16-11-17(21-13-20-16)23-10-3-4-14(12-23)5-8-18(24)22-15-6-7-15/h11,13-15H,2-10,12H2,1H3,(H,22,24)(H,19,20,21). The first kappa shape index (κ1) is 17.0. The van der Waals surface area contributed by atoms with Crippen LogP contribution in [0.25, 0.3) is 0 Å². The van der Waals surface area contributed by atoms with Gasteiger partial charge in [-0.15, -0.1) is 0 Å². The molecule has 0 aromatic carbocycles. The van der Waals surface area contributed by atoms with Gasteiger partial charge in [0.25, 0.3) is 0 Å². The van der Waals surface area contributed by atoms with Gasteiger partial charge in [0.05, 0.1) is 0 Å². The lowest BCUT2D eigenvalue weighted by Crippen LogP contribution is -2.36. The van der Waals surface area contributed by atoms with Gasteiger partial charge in [0.2, 0.25) is 5.91 Å². The number of hydrogen-bond acceptors (Lipinski definition) is 5. The fraction of sp³-hybridized carbons (Fsp3) is 0.722. The van der Waals surface area contributed by atoms with Crippen LogP contribution in [0.2, 0.25) is 0 Å². The van der Waals surface area contributed by atoms with Crippen LogP contribution in [0.3, 0.4) is 0 Å². The molecule has 1 amide bonds. The SMILES string of the molecule is CCCNc1cc(N2CCCC(CCC(=O)NC3CC3)C2)ncn1. The van der Waals surface area contributed by atoms with Gasteiger partial charge in [-0.1, -0.05) is 6.92 Å². The van der Waals surface area contributed by atoms with E-state index >= 15 is 0 Å². The molecule has 1 aromatic rings. The quantitative estimate of drug-likeness (QED) is 0.766. The first-order chi connectivity index (χ1) is 11.7. The molecule has 1 unspecified atom stereocenters. The van der Waals surface area contributed by atoms with Crippen molar-refractivity contribution in [1.29, 1.82) is 0 Å². The van der Waals surface area contributed by atoms with Crippen LogP contribution < -0.4 is 15.5 Å². The third-order valence-electron chi connectivity index (χ3n) is 4.77. The average molecular weight is 331 g/mol. The molecule has 2 N–H and O–H groups in total. The summed E-state index contributed by atoms with van der Waals surface area (Å²) in [4.78, 5) is 22.9. The van der Waals surface area contributed by atoms with Crippen molar-refractivity contribution in [2.75, 3.05) is 29.9 Å². The van der Waals surface area contributed by atoms with Gasteiger partial charge in [-0.3, -0.25) is 4.79 Å². The van der Waals surface area contributed by atoms with Crippen molar-refractivity contribution in [2.24, 2.45) is 5.92 Å². The molecule has 24 heavy (non-hydrogen) atoms. The van der Waals surface area contributed by atoms with Crippen LogP contribution in [-0.4, -0.2) is 41.6 Å². The molecule has 0 spiro atoms. The lowest BCUT2D eigenvalue weighted by molar-refractivity contribution is -0.121. The normalized spacial score (nSPS) is 20.7. The predicted octanol–water partition coefficient (Wildman–Crippen LogP) is 2.57. The van der Waals surface area contributed by atoms with Gasteiger partial charge in [0.1, 0.15) is 18.0 Å². The van der Waals surface area contributed by atoms with E-state index in [2.05, 4.69) is 32.4 Å². The number of hydrogen-bond donors (Lipinski definition) is 2. The molecule has 6 heteroatoms. The Hall–Kier alpha value is -1.85. The molecule has 1 aromatic heterocycles. The molecule has 1 saturated carbocycles. The monoisotopic (exact) mass is 331 g/mol. The van der Waals surface area contributed by atoms with E-state index in [9.17, 15) is 4.79 Å². The van der Waals surface area contributed by atoms with E-state index in [-0.39, 0.29) is 5.91 Å². The van der Waals surface area contributed by atoms with Crippen LogP contribution in [0.15, 0.2) is 12.4 Å². The third kappa shape index (κ3) is 5.08. The smallest absolute Gasteiger partial charge is 0.220 e. The Bertz CT molecular complexity index is 546. The van der Waals surface area contributed by atoms with Crippen LogP contribution in [0.1, 0.15) is 51.9 Å². The summed E-state index contributed by atoms with van der Waals surface area (Å²) >= 11 is 0. The summed E-state index contributed by atoms with van der Waals surface area (Å²) in [6.07, 6.45) is 9.03. The molecule has 132 valence electrons. The summed E-state index contributed by atoms with van der Waals surface area (Å²) < 4.78 is 0. The highest BCUT2D eigenvalue weighted by atomic mass is 16.1. The molecule has 6 nitrogen and oxygen atoms in total. The minimum absolute atomic E-state index is 0.225. The summed E-state index contributed by atoms with van der Waals surface area (Å²) in [5.41, 5.74) is 0. The minimum Gasteiger partial charge on any atom is -0.370 e. The van der Waals surface area contributed by atoms with E-state index in [1.165, 1.54) is 6.42 Å². The lowest BCUT2D eigenvalue weighted by Gasteiger charge is -2.33. The molecule has 3 rings (SSSR count). The van der Waals surface area contributed by atoms with Gasteiger partial charge in [0, 0.05) is 38.2 Å². The largest absolute Gasteiger partial charge is 0.370 e. The molecule has 1 aliphatic heterocycles. The molecule has 0 bridgehead atoms. The Morgan fingerprint density at radius 1 is 1.33 bits per heavy atom. The molecule has 1 aliphatic carbocycles. The van der Waals surface area contributed by atoms with Crippen molar-refractivity contribution in [1.82, 2.24) is 15.3 Å². The number of rotatable bonds is 8. The highest BCUT2D eigenvalue weighted by Gasteiger charge is 2.25. The van der Waals surface area contributed by atoms with Crippen molar-refractivity contribution in [3.8, 4) is 0 Å². The number of aromatic nitrogens is 2. The highest BCUT2D eigenvalue weighted by molar-refractivity contribution is 5.76. The van der Waals surface area contributed by atoms with E-state index in [0.29, 0.717) is 18.4 Å². The number of carbonyl (C=O) groups excluding carboxylic acids is 1. The van der Waals surface area contributed by atoms with E-state index in [4.69, 9.17) is 0 Å². The minimum atomic E-state index is 0.225. The second-order valence-corrected chi connectivity index (χ2v) is 7.02. The van der Waals surface area contributed by atoms with Crippen molar-refractivity contribution in [2.45, 2.75) is 57.9 Å². The zero-order chi connectivity index (χ0) is 16.8. The summed E-state index contributed by atoms with van der Waals surface area (Å²) in [6.45, 7) is 5.09. The first-order valence-electron chi connectivity index (χ1n) is 9.35. The molecule has 2 fully saturated rings. The maximum atomic E-state index is 11.9. The van der Waals surface area contributed by atoms with Gasteiger partial charge in [-0.05, 0) is 44.4 Å². The third-order valence-corrected chi connectivity index (χ3v) is 4.77. The first-order valence-corrected chi connectivity index (χ1v) is 9.35. The van der Waals surface area contributed by atoms with Gasteiger partial charge in [-0.2, -0.15) is 0 Å². The van der Waals surface area contributed by atoms with E-state index < -0.39 is 0 Å². The van der Waals surface area contributed by atoms with Crippen LogP contribution in [-0.2, 0) is 4.79 Å². The van der Waals surface area contributed by atoms with Gasteiger partial charge in [-0.25, -0.2) is 9.97 Å². The number of anilines is 2. The summed E-state index contributed by atoms with van der Waals surface area (Å²) in [6, 6.07) is 2.51. The van der Waals surface area contributed by atoms with Gasteiger partial charge in [0.15, 0.2) is 0 Å². The molecular formula is C18H29N5O. The zero-order valence-corrected chi connectivity index (χ0v) is 14.6. The lowest BCUT2D eigenvalue weighted by atomic mass is 9.93. The maximum absolute atomic E-state index is 11.9. The van der Waals surface area contributed by atoms with Crippen LogP contribution in [0.4, 0.5) is 11.6 Å². The van der Waals surface area contributed by atoms with Crippen LogP contribution in [0.5, 0.6) is 0 Å². The van der Waals surface area contributed by atoms with Crippen LogP contribution in [0, 0.1) is 5.92 Å².